The van der Waals surface area contributed by atoms with Gasteiger partial charge < -0.3 is 14.8 Å². The third kappa shape index (κ3) is 3.95. The maximum Gasteiger partial charge on any atom is 0.161 e. The Morgan fingerprint density at radius 1 is 1.19 bits per heavy atom. The molecule has 0 bridgehead atoms. The van der Waals surface area contributed by atoms with Gasteiger partial charge in [-0.05, 0) is 36.1 Å². The summed E-state index contributed by atoms with van der Waals surface area (Å²) in [5.41, 5.74) is 2.06. The minimum atomic E-state index is 0.470. The van der Waals surface area contributed by atoms with Gasteiger partial charge in [-0.15, -0.1) is 11.8 Å². The van der Waals surface area contributed by atoms with Crippen LogP contribution in [0.4, 0.5) is 5.69 Å². The van der Waals surface area contributed by atoms with E-state index >= 15 is 0 Å². The van der Waals surface area contributed by atoms with Gasteiger partial charge in [0.2, 0.25) is 0 Å². The Balaban J connectivity index is 2.22. The van der Waals surface area contributed by atoms with E-state index in [0.29, 0.717) is 11.7 Å². The first kappa shape index (κ1) is 15.8. The maximum atomic E-state index is 5.88. The summed E-state index contributed by atoms with van der Waals surface area (Å²) < 4.78 is 10.7. The molecule has 0 atom stereocenters. The summed E-state index contributed by atoms with van der Waals surface area (Å²) in [6.45, 7) is 0.664. The lowest BCUT2D eigenvalue weighted by Crippen LogP contribution is -2.02. The number of hydrogen-bond donors (Lipinski definition) is 1. The second-order valence-electron chi connectivity index (χ2n) is 4.24. The smallest absolute Gasteiger partial charge is 0.161 e. The van der Waals surface area contributed by atoms with Crippen molar-refractivity contribution in [1.82, 2.24) is 4.98 Å². The van der Waals surface area contributed by atoms with E-state index in [2.05, 4.69) is 10.3 Å². The predicted octanol–water partition coefficient (Wildman–Crippen LogP) is 4.09. The highest BCUT2D eigenvalue weighted by molar-refractivity contribution is 7.98. The zero-order chi connectivity index (χ0) is 15.2. The molecule has 0 aliphatic heterocycles. The van der Waals surface area contributed by atoms with E-state index in [0.717, 1.165) is 27.6 Å². The molecule has 0 fully saturated rings. The highest BCUT2D eigenvalue weighted by atomic mass is 35.5. The van der Waals surface area contributed by atoms with E-state index in [1.54, 1.807) is 38.2 Å². The molecule has 112 valence electrons. The molecule has 2 rings (SSSR count). The van der Waals surface area contributed by atoms with Crippen molar-refractivity contribution in [2.75, 3.05) is 25.8 Å². The second kappa shape index (κ2) is 7.43. The Morgan fingerprint density at radius 2 is 1.90 bits per heavy atom. The van der Waals surface area contributed by atoms with E-state index in [9.17, 15) is 0 Å². The number of pyridine rings is 1. The lowest BCUT2D eigenvalue weighted by Gasteiger charge is -2.14. The largest absolute Gasteiger partial charge is 0.493 e. The maximum absolute atomic E-state index is 5.88. The highest BCUT2D eigenvalue weighted by Gasteiger charge is 2.10. The third-order valence-electron chi connectivity index (χ3n) is 3.00. The molecule has 0 spiro atoms. The molecule has 21 heavy (non-hydrogen) atoms. The van der Waals surface area contributed by atoms with Gasteiger partial charge in [0.25, 0.3) is 0 Å². The molecular weight excluding hydrogens is 308 g/mol. The average molecular weight is 325 g/mol. The molecule has 0 aliphatic carbocycles. The molecule has 1 heterocycles. The standard InChI is InChI=1S/C15H17ClN2O2S/c1-19-12-6-10(14(21-3)8-13(12)20-2)9-18-11-4-5-17-15(16)7-11/h4-8H,9H2,1-3H3,(H,17,18). The number of anilines is 1. The molecule has 0 aliphatic rings. The van der Waals surface area contributed by atoms with Crippen molar-refractivity contribution in [3.63, 3.8) is 0 Å². The summed E-state index contributed by atoms with van der Waals surface area (Å²) in [5.74, 6) is 1.46. The molecule has 2 aromatic rings. The first-order valence-electron chi connectivity index (χ1n) is 6.32. The van der Waals surface area contributed by atoms with Crippen LogP contribution in [0, 0.1) is 0 Å². The van der Waals surface area contributed by atoms with Crippen molar-refractivity contribution < 1.29 is 9.47 Å². The number of aromatic nitrogens is 1. The second-order valence-corrected chi connectivity index (χ2v) is 5.48. The van der Waals surface area contributed by atoms with Crippen LogP contribution in [-0.4, -0.2) is 25.5 Å². The summed E-state index contributed by atoms with van der Waals surface area (Å²) in [4.78, 5) is 5.10. The van der Waals surface area contributed by atoms with Gasteiger partial charge in [0.05, 0.1) is 14.2 Å². The van der Waals surface area contributed by atoms with Crippen molar-refractivity contribution in [2.24, 2.45) is 0 Å². The van der Waals surface area contributed by atoms with E-state index < -0.39 is 0 Å². The normalized spacial score (nSPS) is 10.3. The van der Waals surface area contributed by atoms with Crippen molar-refractivity contribution in [1.29, 1.82) is 0 Å². The van der Waals surface area contributed by atoms with Crippen LogP contribution < -0.4 is 14.8 Å². The number of ether oxygens (including phenoxy) is 2. The van der Waals surface area contributed by atoms with Crippen LogP contribution in [0.25, 0.3) is 0 Å². The molecule has 0 saturated heterocycles. The molecule has 1 aromatic carbocycles. The molecule has 0 saturated carbocycles. The lowest BCUT2D eigenvalue weighted by molar-refractivity contribution is 0.353. The first-order valence-corrected chi connectivity index (χ1v) is 7.92. The summed E-state index contributed by atoms with van der Waals surface area (Å²) in [6.07, 6.45) is 3.71. The minimum absolute atomic E-state index is 0.470. The van der Waals surface area contributed by atoms with Crippen molar-refractivity contribution in [3.05, 3.63) is 41.2 Å². The van der Waals surface area contributed by atoms with Crippen LogP contribution in [-0.2, 0) is 6.54 Å². The fourth-order valence-electron chi connectivity index (χ4n) is 1.94. The zero-order valence-corrected chi connectivity index (χ0v) is 13.7. The van der Waals surface area contributed by atoms with Crippen LogP contribution >= 0.6 is 23.4 Å². The Hall–Kier alpha value is -1.59. The molecular formula is C15H17ClN2O2S. The van der Waals surface area contributed by atoms with Crippen molar-refractivity contribution in [2.45, 2.75) is 11.4 Å². The number of hydrogen-bond acceptors (Lipinski definition) is 5. The summed E-state index contributed by atoms with van der Waals surface area (Å²) in [7, 11) is 3.27. The Morgan fingerprint density at radius 3 is 2.52 bits per heavy atom. The fraction of sp³-hybridized carbons (Fsp3) is 0.267. The number of methoxy groups -OCH3 is 2. The van der Waals surface area contributed by atoms with Gasteiger partial charge in [-0.3, -0.25) is 0 Å². The molecule has 0 amide bonds. The average Bonchev–Trinajstić information content (AvgIpc) is 2.52. The van der Waals surface area contributed by atoms with Crippen LogP contribution in [0.3, 0.4) is 0 Å². The third-order valence-corrected chi connectivity index (χ3v) is 4.02. The SMILES string of the molecule is COc1cc(CNc2ccnc(Cl)c2)c(SC)cc1OC. The quantitative estimate of drug-likeness (QED) is 0.640. The summed E-state index contributed by atoms with van der Waals surface area (Å²) >= 11 is 7.55. The van der Waals surface area contributed by atoms with E-state index in [1.165, 1.54) is 0 Å². The molecule has 1 N–H and O–H groups in total. The minimum Gasteiger partial charge on any atom is -0.493 e. The van der Waals surface area contributed by atoms with Gasteiger partial charge in [0.1, 0.15) is 5.15 Å². The number of nitrogens with one attached hydrogen (secondary N) is 1. The van der Waals surface area contributed by atoms with Crippen molar-refractivity contribution in [3.8, 4) is 11.5 Å². The number of rotatable bonds is 6. The van der Waals surface area contributed by atoms with E-state index in [-0.39, 0.29) is 0 Å². The van der Waals surface area contributed by atoms with Gasteiger partial charge in [0, 0.05) is 23.3 Å². The van der Waals surface area contributed by atoms with E-state index in [1.807, 2.05) is 24.5 Å². The number of benzene rings is 1. The Labute approximate surface area is 133 Å². The van der Waals surface area contributed by atoms with Gasteiger partial charge in [-0.1, -0.05) is 11.6 Å². The number of nitrogens with zero attached hydrogens (tertiary/aromatic N) is 1. The van der Waals surface area contributed by atoms with Crippen LogP contribution in [0.15, 0.2) is 35.4 Å². The van der Waals surface area contributed by atoms with Gasteiger partial charge in [-0.2, -0.15) is 0 Å². The topological polar surface area (TPSA) is 43.4 Å². The van der Waals surface area contributed by atoms with Crippen LogP contribution in [0.5, 0.6) is 11.5 Å². The lowest BCUT2D eigenvalue weighted by atomic mass is 10.2. The van der Waals surface area contributed by atoms with Crippen molar-refractivity contribution >= 4 is 29.1 Å². The van der Waals surface area contributed by atoms with Gasteiger partial charge in [-0.25, -0.2) is 4.98 Å². The Kier molecular flexibility index (Phi) is 5.59. The predicted molar refractivity (Wildman–Crippen MR) is 87.9 cm³/mol. The Bertz CT molecular complexity index is 623. The van der Waals surface area contributed by atoms with Gasteiger partial charge >= 0.3 is 0 Å². The molecule has 6 heteroatoms. The van der Waals surface area contributed by atoms with E-state index in [4.69, 9.17) is 21.1 Å². The summed E-state index contributed by atoms with van der Waals surface area (Å²) in [6, 6.07) is 7.65. The molecule has 1 aromatic heterocycles. The van der Waals surface area contributed by atoms with Crippen LogP contribution in [0.2, 0.25) is 5.15 Å². The molecule has 0 unspecified atom stereocenters. The highest BCUT2D eigenvalue weighted by Crippen LogP contribution is 2.34. The number of halogens is 1. The van der Waals surface area contributed by atoms with Gasteiger partial charge in [0.15, 0.2) is 11.5 Å². The summed E-state index contributed by atoms with van der Waals surface area (Å²) in [5, 5.41) is 3.80. The fourth-order valence-corrected chi connectivity index (χ4v) is 2.73. The monoisotopic (exact) mass is 324 g/mol. The molecule has 4 nitrogen and oxygen atoms in total. The first-order chi connectivity index (χ1) is 10.2. The molecule has 0 radical (unpaired) electrons. The zero-order valence-electron chi connectivity index (χ0n) is 12.1. The van der Waals surface area contributed by atoms with Crippen LogP contribution in [0.1, 0.15) is 5.56 Å². The number of thioether (sulfide) groups is 1.